The molecule has 0 bridgehead atoms. The molecule has 26 heavy (non-hydrogen) atoms. The molecular formula is C21H25ClN2O2. The van der Waals surface area contributed by atoms with E-state index in [2.05, 4.69) is 23.5 Å². The fraction of sp³-hybridized carbons (Fsp3) is 0.381. The smallest absolute Gasteiger partial charge is 0.234 e. The molecule has 0 heterocycles. The third-order valence-electron chi connectivity index (χ3n) is 4.80. The lowest BCUT2D eigenvalue weighted by molar-refractivity contribution is -0.122. The predicted molar refractivity (Wildman–Crippen MR) is 105 cm³/mol. The molecule has 3 rings (SSSR count). The van der Waals surface area contributed by atoms with Crippen LogP contribution in [-0.4, -0.2) is 31.5 Å². The number of nitrogens with zero attached hydrogens (tertiary/aromatic N) is 1. The van der Waals surface area contributed by atoms with E-state index in [1.807, 2.05) is 30.1 Å². The van der Waals surface area contributed by atoms with E-state index in [4.69, 9.17) is 16.3 Å². The number of fused-ring (bicyclic) bond motifs is 1. The van der Waals surface area contributed by atoms with Gasteiger partial charge in [-0.1, -0.05) is 35.9 Å². The Morgan fingerprint density at radius 3 is 2.92 bits per heavy atom. The van der Waals surface area contributed by atoms with Gasteiger partial charge < -0.3 is 10.1 Å². The van der Waals surface area contributed by atoms with Crippen LogP contribution in [-0.2, 0) is 17.8 Å². The Balaban J connectivity index is 1.60. The highest BCUT2D eigenvalue weighted by Gasteiger charge is 2.21. The van der Waals surface area contributed by atoms with Gasteiger partial charge in [0.2, 0.25) is 5.91 Å². The van der Waals surface area contributed by atoms with E-state index in [-0.39, 0.29) is 11.9 Å². The van der Waals surface area contributed by atoms with Crippen molar-refractivity contribution in [2.24, 2.45) is 0 Å². The number of methoxy groups -OCH3 is 1. The van der Waals surface area contributed by atoms with Gasteiger partial charge in [-0.2, -0.15) is 0 Å². The summed E-state index contributed by atoms with van der Waals surface area (Å²) in [7, 11) is 3.56. The molecule has 4 nitrogen and oxygen atoms in total. The molecule has 0 saturated heterocycles. The number of rotatable bonds is 6. The number of amides is 1. The van der Waals surface area contributed by atoms with E-state index < -0.39 is 0 Å². The third kappa shape index (κ3) is 4.57. The van der Waals surface area contributed by atoms with Gasteiger partial charge in [0.05, 0.1) is 19.7 Å². The number of nitrogens with one attached hydrogen (secondary N) is 1. The van der Waals surface area contributed by atoms with Crippen LogP contribution in [0, 0.1) is 0 Å². The molecule has 0 unspecified atom stereocenters. The molecule has 138 valence electrons. The number of carbonyl (C=O) groups excluding carboxylic acids is 1. The molecule has 0 aromatic heterocycles. The van der Waals surface area contributed by atoms with Crippen LogP contribution in [0.1, 0.15) is 35.6 Å². The fourth-order valence-corrected chi connectivity index (χ4v) is 3.80. The minimum Gasteiger partial charge on any atom is -0.496 e. The zero-order valence-corrected chi connectivity index (χ0v) is 16.1. The van der Waals surface area contributed by atoms with Gasteiger partial charge in [0.15, 0.2) is 0 Å². The summed E-state index contributed by atoms with van der Waals surface area (Å²) >= 11 is 6.09. The van der Waals surface area contributed by atoms with Crippen LogP contribution in [0.3, 0.4) is 0 Å². The summed E-state index contributed by atoms with van der Waals surface area (Å²) in [5, 5.41) is 3.86. The molecule has 1 N–H and O–H groups in total. The summed E-state index contributed by atoms with van der Waals surface area (Å²) in [6, 6.07) is 14.0. The Kier molecular flexibility index (Phi) is 6.17. The average Bonchev–Trinajstić information content (AvgIpc) is 2.62. The summed E-state index contributed by atoms with van der Waals surface area (Å²) in [5.74, 6) is 0.818. The average molecular weight is 373 g/mol. The molecule has 0 radical (unpaired) electrons. The standard InChI is InChI=1S/C21H25ClN2O2/c1-24(13-16-12-17(22)10-11-20(16)26-2)14-21(25)23-19-9-5-7-15-6-3-4-8-18(15)19/h3-4,6,8,10-12,19H,5,7,9,13-14H2,1-2H3,(H,23,25)/t19-/m1/s1. The second-order valence-corrected chi connectivity index (χ2v) is 7.28. The molecule has 5 heteroatoms. The maximum absolute atomic E-state index is 12.5. The van der Waals surface area contributed by atoms with Crippen LogP contribution in [0.2, 0.25) is 5.02 Å². The molecule has 1 aliphatic rings. The Labute approximate surface area is 160 Å². The second kappa shape index (κ2) is 8.56. The van der Waals surface area contributed by atoms with Crippen LogP contribution < -0.4 is 10.1 Å². The van der Waals surface area contributed by atoms with Gasteiger partial charge in [-0.15, -0.1) is 0 Å². The number of halogens is 1. The van der Waals surface area contributed by atoms with Crippen molar-refractivity contribution in [2.45, 2.75) is 31.8 Å². The molecule has 2 aromatic rings. The van der Waals surface area contributed by atoms with Crippen LogP contribution in [0.15, 0.2) is 42.5 Å². The molecule has 1 atom stereocenters. The summed E-state index contributed by atoms with van der Waals surface area (Å²) in [5.41, 5.74) is 3.57. The van der Waals surface area contributed by atoms with Gasteiger partial charge in [0.1, 0.15) is 5.75 Å². The van der Waals surface area contributed by atoms with E-state index in [0.717, 1.165) is 30.6 Å². The van der Waals surface area contributed by atoms with Crippen molar-refractivity contribution in [2.75, 3.05) is 20.7 Å². The fourth-order valence-electron chi connectivity index (χ4n) is 3.61. The topological polar surface area (TPSA) is 41.6 Å². The maximum Gasteiger partial charge on any atom is 0.234 e. The van der Waals surface area contributed by atoms with E-state index >= 15 is 0 Å². The lowest BCUT2D eigenvalue weighted by Gasteiger charge is -2.27. The zero-order chi connectivity index (χ0) is 18.5. The summed E-state index contributed by atoms with van der Waals surface area (Å²) in [6.07, 6.45) is 3.20. The Morgan fingerprint density at radius 2 is 2.12 bits per heavy atom. The first kappa shape index (κ1) is 18.7. The van der Waals surface area contributed by atoms with Gasteiger partial charge >= 0.3 is 0 Å². The highest BCUT2D eigenvalue weighted by Crippen LogP contribution is 2.29. The van der Waals surface area contributed by atoms with Crippen molar-refractivity contribution in [3.63, 3.8) is 0 Å². The van der Waals surface area contributed by atoms with Crippen molar-refractivity contribution in [3.8, 4) is 5.75 Å². The first-order chi connectivity index (χ1) is 12.6. The molecule has 0 saturated carbocycles. The number of likely N-dealkylation sites (N-methyl/N-ethyl adjacent to an activating group) is 1. The van der Waals surface area contributed by atoms with Crippen molar-refractivity contribution in [1.29, 1.82) is 0 Å². The predicted octanol–water partition coefficient (Wildman–Crippen LogP) is 3.97. The summed E-state index contributed by atoms with van der Waals surface area (Å²) < 4.78 is 5.38. The number of hydrogen-bond donors (Lipinski definition) is 1. The van der Waals surface area contributed by atoms with Crippen LogP contribution in [0.4, 0.5) is 0 Å². The highest BCUT2D eigenvalue weighted by atomic mass is 35.5. The van der Waals surface area contributed by atoms with Crippen molar-refractivity contribution < 1.29 is 9.53 Å². The van der Waals surface area contributed by atoms with Gasteiger partial charge in [0.25, 0.3) is 0 Å². The van der Waals surface area contributed by atoms with Gasteiger partial charge in [-0.05, 0) is 55.6 Å². The quantitative estimate of drug-likeness (QED) is 0.834. The lowest BCUT2D eigenvalue weighted by atomic mass is 9.88. The van der Waals surface area contributed by atoms with Crippen molar-refractivity contribution >= 4 is 17.5 Å². The second-order valence-electron chi connectivity index (χ2n) is 6.84. The minimum atomic E-state index is 0.0372. The van der Waals surface area contributed by atoms with Crippen LogP contribution >= 0.6 is 11.6 Å². The first-order valence-corrected chi connectivity index (χ1v) is 9.32. The minimum absolute atomic E-state index is 0.0372. The Morgan fingerprint density at radius 1 is 1.31 bits per heavy atom. The molecule has 1 aliphatic carbocycles. The molecule has 0 spiro atoms. The van der Waals surface area contributed by atoms with E-state index in [0.29, 0.717) is 18.1 Å². The third-order valence-corrected chi connectivity index (χ3v) is 5.04. The molecule has 1 amide bonds. The maximum atomic E-state index is 12.5. The van der Waals surface area contributed by atoms with Crippen molar-refractivity contribution in [1.82, 2.24) is 10.2 Å². The SMILES string of the molecule is COc1ccc(Cl)cc1CN(C)CC(=O)N[C@@H]1CCCc2ccccc21. The van der Waals surface area contributed by atoms with E-state index in [1.165, 1.54) is 11.1 Å². The van der Waals surface area contributed by atoms with Crippen molar-refractivity contribution in [3.05, 3.63) is 64.2 Å². The molecule has 0 fully saturated rings. The molecular weight excluding hydrogens is 348 g/mol. The summed E-state index contributed by atoms with van der Waals surface area (Å²) in [6.45, 7) is 0.923. The van der Waals surface area contributed by atoms with E-state index in [1.54, 1.807) is 13.2 Å². The lowest BCUT2D eigenvalue weighted by Crippen LogP contribution is -2.38. The number of ether oxygens (including phenoxy) is 1. The molecule has 0 aliphatic heterocycles. The summed E-state index contributed by atoms with van der Waals surface area (Å²) in [4.78, 5) is 14.5. The largest absolute Gasteiger partial charge is 0.496 e. The number of hydrogen-bond acceptors (Lipinski definition) is 3. The normalized spacial score (nSPS) is 16.2. The van der Waals surface area contributed by atoms with Gasteiger partial charge in [0, 0.05) is 17.1 Å². The first-order valence-electron chi connectivity index (χ1n) is 8.95. The highest BCUT2D eigenvalue weighted by molar-refractivity contribution is 6.30. The zero-order valence-electron chi connectivity index (χ0n) is 15.3. The van der Waals surface area contributed by atoms with E-state index in [9.17, 15) is 4.79 Å². The Bertz CT molecular complexity index is 778. The number of benzene rings is 2. The Hall–Kier alpha value is -2.04. The van der Waals surface area contributed by atoms with Crippen LogP contribution in [0.5, 0.6) is 5.75 Å². The van der Waals surface area contributed by atoms with Gasteiger partial charge in [-0.3, -0.25) is 9.69 Å². The van der Waals surface area contributed by atoms with Gasteiger partial charge in [-0.25, -0.2) is 0 Å². The monoisotopic (exact) mass is 372 g/mol. The molecule has 2 aromatic carbocycles. The number of carbonyl (C=O) groups is 1. The number of aryl methyl sites for hydroxylation is 1. The van der Waals surface area contributed by atoms with Crippen LogP contribution in [0.25, 0.3) is 0 Å².